The SMILES string of the molecule is CCC(C)(OC)C(C)(C)O[B]c1cccc(Cn2c3ccccc3c3ccccc32)c1. The summed E-state index contributed by atoms with van der Waals surface area (Å²) in [7, 11) is 3.61. The van der Waals surface area contributed by atoms with E-state index in [0.29, 0.717) is 0 Å². The van der Waals surface area contributed by atoms with E-state index in [1.807, 2.05) is 7.48 Å². The first kappa shape index (κ1) is 21.7. The van der Waals surface area contributed by atoms with Crippen LogP contribution in [0.5, 0.6) is 0 Å². The molecule has 0 spiro atoms. The molecule has 3 aromatic carbocycles. The van der Waals surface area contributed by atoms with Crippen molar-refractivity contribution in [3.05, 3.63) is 78.4 Å². The third-order valence-corrected chi connectivity index (χ3v) is 6.86. The highest BCUT2D eigenvalue weighted by Crippen LogP contribution is 2.32. The van der Waals surface area contributed by atoms with Crippen molar-refractivity contribution >= 4 is 34.8 Å². The molecule has 1 atom stereocenters. The van der Waals surface area contributed by atoms with Gasteiger partial charge in [-0.2, -0.15) is 0 Å². The summed E-state index contributed by atoms with van der Waals surface area (Å²) in [5.41, 5.74) is 4.01. The summed E-state index contributed by atoms with van der Waals surface area (Å²) < 4.78 is 14.4. The molecular formula is C27H31BNO2. The summed E-state index contributed by atoms with van der Waals surface area (Å²) in [6, 6.07) is 25.8. The van der Waals surface area contributed by atoms with E-state index < -0.39 is 5.60 Å². The Labute approximate surface area is 186 Å². The van der Waals surface area contributed by atoms with Gasteiger partial charge < -0.3 is 14.0 Å². The molecule has 0 fully saturated rings. The van der Waals surface area contributed by atoms with E-state index in [1.54, 1.807) is 7.11 Å². The van der Waals surface area contributed by atoms with Crippen LogP contribution in [0.2, 0.25) is 0 Å². The summed E-state index contributed by atoms with van der Waals surface area (Å²) in [5.74, 6) is 0. The van der Waals surface area contributed by atoms with Crippen LogP contribution in [0.15, 0.2) is 72.8 Å². The van der Waals surface area contributed by atoms with Crippen LogP contribution in [0.1, 0.15) is 39.7 Å². The predicted molar refractivity (Wildman–Crippen MR) is 131 cm³/mol. The fourth-order valence-electron chi connectivity index (χ4n) is 4.28. The number of benzene rings is 3. The van der Waals surface area contributed by atoms with Crippen molar-refractivity contribution < 1.29 is 9.39 Å². The molecule has 4 rings (SSSR count). The number of aromatic nitrogens is 1. The lowest BCUT2D eigenvalue weighted by Gasteiger charge is -2.42. The molecule has 0 bridgehead atoms. The van der Waals surface area contributed by atoms with Crippen LogP contribution in [0.4, 0.5) is 0 Å². The summed E-state index contributed by atoms with van der Waals surface area (Å²) in [5, 5.41) is 2.59. The minimum absolute atomic E-state index is 0.357. The Morgan fingerprint density at radius 3 is 2.03 bits per heavy atom. The van der Waals surface area contributed by atoms with Gasteiger partial charge in [-0.1, -0.05) is 73.1 Å². The van der Waals surface area contributed by atoms with Crippen molar-refractivity contribution in [2.75, 3.05) is 7.11 Å². The molecule has 0 N–H and O–H groups in total. The molecule has 1 heterocycles. The average Bonchev–Trinajstić information content (AvgIpc) is 3.11. The molecule has 0 aliphatic carbocycles. The molecule has 1 unspecified atom stereocenters. The van der Waals surface area contributed by atoms with Gasteiger partial charge in [-0.05, 0) is 44.9 Å². The van der Waals surface area contributed by atoms with Gasteiger partial charge in [0, 0.05) is 35.5 Å². The van der Waals surface area contributed by atoms with E-state index in [9.17, 15) is 0 Å². The normalized spacial score (nSPS) is 14.1. The third kappa shape index (κ3) is 4.02. The molecule has 1 aromatic heterocycles. The highest BCUT2D eigenvalue weighted by molar-refractivity contribution is 6.47. The highest BCUT2D eigenvalue weighted by Gasteiger charge is 2.40. The Bertz CT molecular complexity index is 1140. The second-order valence-electron chi connectivity index (χ2n) is 8.90. The fraction of sp³-hybridized carbons (Fsp3) is 0.333. The van der Waals surface area contributed by atoms with Crippen LogP contribution in [0, 0.1) is 0 Å². The van der Waals surface area contributed by atoms with E-state index in [4.69, 9.17) is 9.39 Å². The lowest BCUT2D eigenvalue weighted by molar-refractivity contribution is -0.128. The van der Waals surface area contributed by atoms with Gasteiger partial charge >= 0.3 is 7.48 Å². The van der Waals surface area contributed by atoms with Gasteiger partial charge in [0.2, 0.25) is 0 Å². The predicted octanol–water partition coefficient (Wildman–Crippen LogP) is 5.70. The molecule has 0 saturated carbocycles. The third-order valence-electron chi connectivity index (χ3n) is 6.86. The first-order valence-electron chi connectivity index (χ1n) is 11.0. The Morgan fingerprint density at radius 2 is 1.45 bits per heavy atom. The van der Waals surface area contributed by atoms with E-state index in [-0.39, 0.29) is 5.60 Å². The molecular weight excluding hydrogens is 381 g/mol. The molecule has 0 aliphatic rings. The van der Waals surface area contributed by atoms with Gasteiger partial charge in [-0.3, -0.25) is 0 Å². The maximum absolute atomic E-state index is 6.24. The molecule has 0 saturated heterocycles. The van der Waals surface area contributed by atoms with Gasteiger partial charge in [0.25, 0.3) is 0 Å². The molecule has 3 nitrogen and oxygen atoms in total. The van der Waals surface area contributed by atoms with E-state index >= 15 is 0 Å². The molecule has 0 aliphatic heterocycles. The number of ether oxygens (including phenoxy) is 1. The lowest BCUT2D eigenvalue weighted by Crippen LogP contribution is -2.52. The van der Waals surface area contributed by atoms with Gasteiger partial charge in [0.1, 0.15) is 0 Å². The first-order valence-corrected chi connectivity index (χ1v) is 11.0. The fourth-order valence-corrected chi connectivity index (χ4v) is 4.28. The standard InChI is InChI=1S/C27H31BNO2/c1-6-27(4,30-5)26(2,3)31-28-21-13-11-12-20(18-21)19-29-24-16-9-7-14-22(24)23-15-8-10-17-25(23)29/h7-18H,6,19H2,1-5H3. The van der Waals surface area contributed by atoms with Crippen LogP contribution in [-0.2, 0) is 15.9 Å². The second kappa shape index (κ2) is 8.53. The lowest BCUT2D eigenvalue weighted by atomic mass is 9.80. The Kier molecular flexibility index (Phi) is 5.96. The van der Waals surface area contributed by atoms with Crippen LogP contribution >= 0.6 is 0 Å². The zero-order chi connectivity index (χ0) is 22.1. The Balaban J connectivity index is 1.60. The highest BCUT2D eigenvalue weighted by atomic mass is 16.5. The van der Waals surface area contributed by atoms with Crippen molar-refractivity contribution in [3.8, 4) is 0 Å². The van der Waals surface area contributed by atoms with E-state index in [2.05, 4.69) is 105 Å². The first-order chi connectivity index (χ1) is 14.9. The number of hydrogen-bond donors (Lipinski definition) is 0. The van der Waals surface area contributed by atoms with Gasteiger partial charge in [0.05, 0.1) is 11.2 Å². The number of para-hydroxylation sites is 2. The van der Waals surface area contributed by atoms with Crippen molar-refractivity contribution in [3.63, 3.8) is 0 Å². The molecule has 4 heteroatoms. The molecule has 0 amide bonds. The summed E-state index contributed by atoms with van der Waals surface area (Å²) in [6.07, 6.45) is 0.873. The largest absolute Gasteiger partial charge is 0.427 e. The minimum atomic E-state index is -0.445. The van der Waals surface area contributed by atoms with E-state index in [1.165, 1.54) is 27.4 Å². The summed E-state index contributed by atoms with van der Waals surface area (Å²) in [6.45, 7) is 9.20. The molecule has 31 heavy (non-hydrogen) atoms. The summed E-state index contributed by atoms with van der Waals surface area (Å²) >= 11 is 0. The zero-order valence-corrected chi connectivity index (χ0v) is 19.2. The smallest absolute Gasteiger partial charge is 0.330 e. The number of nitrogens with zero attached hydrogens (tertiary/aromatic N) is 1. The number of methoxy groups -OCH3 is 1. The van der Waals surface area contributed by atoms with Crippen LogP contribution in [0.3, 0.4) is 0 Å². The number of rotatable bonds is 8. The van der Waals surface area contributed by atoms with Crippen LogP contribution < -0.4 is 5.46 Å². The zero-order valence-electron chi connectivity index (χ0n) is 19.2. The molecule has 4 aromatic rings. The average molecular weight is 412 g/mol. The monoisotopic (exact) mass is 412 g/mol. The minimum Gasteiger partial charge on any atom is -0.427 e. The Morgan fingerprint density at radius 1 is 0.839 bits per heavy atom. The van der Waals surface area contributed by atoms with Crippen LogP contribution in [-0.4, -0.2) is 30.4 Å². The second-order valence-corrected chi connectivity index (χ2v) is 8.90. The van der Waals surface area contributed by atoms with E-state index in [0.717, 1.165) is 18.4 Å². The van der Waals surface area contributed by atoms with Crippen molar-refractivity contribution in [1.82, 2.24) is 4.57 Å². The quantitative estimate of drug-likeness (QED) is 0.347. The van der Waals surface area contributed by atoms with Crippen molar-refractivity contribution in [2.24, 2.45) is 0 Å². The molecule has 159 valence electrons. The van der Waals surface area contributed by atoms with Crippen LogP contribution in [0.25, 0.3) is 21.8 Å². The molecule has 1 radical (unpaired) electrons. The maximum Gasteiger partial charge on any atom is 0.330 e. The Hall–Kier alpha value is -2.56. The summed E-state index contributed by atoms with van der Waals surface area (Å²) in [4.78, 5) is 0. The van der Waals surface area contributed by atoms with Crippen molar-refractivity contribution in [2.45, 2.75) is 51.9 Å². The van der Waals surface area contributed by atoms with Crippen molar-refractivity contribution in [1.29, 1.82) is 0 Å². The van der Waals surface area contributed by atoms with Gasteiger partial charge in [-0.15, -0.1) is 0 Å². The van der Waals surface area contributed by atoms with Gasteiger partial charge in [-0.25, -0.2) is 0 Å². The maximum atomic E-state index is 6.24. The number of fused-ring (bicyclic) bond motifs is 3. The topological polar surface area (TPSA) is 23.4 Å². The number of hydrogen-bond acceptors (Lipinski definition) is 2. The van der Waals surface area contributed by atoms with Gasteiger partial charge in [0.15, 0.2) is 0 Å².